The monoisotopic (exact) mass is 275 g/mol. The average Bonchev–Trinajstić information content (AvgIpc) is 2.26. The lowest BCUT2D eigenvalue weighted by atomic mass is 10.2. The Morgan fingerprint density at radius 3 is 2.44 bits per heavy atom. The maximum Gasteiger partial charge on any atom is 0.446 e. The Morgan fingerprint density at radius 2 is 1.94 bits per heavy atom. The average molecular weight is 275 g/mol. The fourth-order valence-electron chi connectivity index (χ4n) is 1.11. The van der Waals surface area contributed by atoms with E-state index in [2.05, 4.69) is 9.50 Å². The van der Waals surface area contributed by atoms with E-state index in [-0.39, 0.29) is 12.4 Å². The number of hydrogen-bond acceptors (Lipinski definition) is 5. The number of ether oxygens (including phenoxy) is 1. The zero-order chi connectivity index (χ0) is 13.6. The second-order valence-electron chi connectivity index (χ2n) is 3.26. The van der Waals surface area contributed by atoms with Gasteiger partial charge in [-0.05, 0) is 24.6 Å². The number of carbonyl (C=O) groups is 1. The van der Waals surface area contributed by atoms with Crippen molar-refractivity contribution in [3.05, 3.63) is 29.8 Å². The van der Waals surface area contributed by atoms with E-state index < -0.39 is 16.5 Å². The highest BCUT2D eigenvalue weighted by Gasteiger charge is 2.07. The molecule has 1 rings (SSSR count). The minimum atomic E-state index is -4.52. The Kier molecular flexibility index (Phi) is 4.93. The molecule has 0 saturated heterocycles. The normalized spacial score (nSPS) is 10.8. The van der Waals surface area contributed by atoms with Crippen molar-refractivity contribution in [2.24, 2.45) is 0 Å². The summed E-state index contributed by atoms with van der Waals surface area (Å²) in [4.78, 5) is 11.0. The van der Waals surface area contributed by atoms with Crippen LogP contribution >= 0.6 is 0 Å². The molecule has 8 heteroatoms. The van der Waals surface area contributed by atoms with Gasteiger partial charge < -0.3 is 14.2 Å². The summed E-state index contributed by atoms with van der Waals surface area (Å²) in [5.74, 6) is -0.0285. The van der Waals surface area contributed by atoms with Crippen molar-refractivity contribution in [2.75, 3.05) is 6.54 Å². The number of benzene rings is 1. The minimum absolute atomic E-state index is 0.0285. The maximum atomic E-state index is 11.0. The Bertz CT molecular complexity index is 496. The largest absolute Gasteiger partial charge is 0.446 e. The summed E-state index contributed by atoms with van der Waals surface area (Å²) in [5, 5.41) is 2.46. The first-order chi connectivity index (χ1) is 8.40. The lowest BCUT2D eigenvalue weighted by Crippen LogP contribution is -2.23. The molecule has 0 aromatic heterocycles. The fraction of sp³-hybridized carbons (Fsp3) is 0.300. The molecule has 0 atom stereocenters. The molecule has 0 aliphatic rings. The molecular weight excluding hydrogens is 262 g/mol. The van der Waals surface area contributed by atoms with Crippen molar-refractivity contribution in [3.63, 3.8) is 0 Å². The van der Waals surface area contributed by atoms with Crippen LogP contribution in [0.1, 0.15) is 12.5 Å². The van der Waals surface area contributed by atoms with Crippen LogP contribution in [0.2, 0.25) is 0 Å². The van der Waals surface area contributed by atoms with Crippen molar-refractivity contribution in [2.45, 2.75) is 13.5 Å². The first-order valence-electron chi connectivity index (χ1n) is 5.07. The third kappa shape index (κ3) is 5.51. The maximum absolute atomic E-state index is 11.0. The SMILES string of the molecule is CCNC(=O)OCc1ccc(OS(=O)(=O)O)cc1. The highest BCUT2D eigenvalue weighted by atomic mass is 32.3. The van der Waals surface area contributed by atoms with Gasteiger partial charge in [-0.2, -0.15) is 8.42 Å². The van der Waals surface area contributed by atoms with Gasteiger partial charge >= 0.3 is 16.5 Å². The summed E-state index contributed by atoms with van der Waals surface area (Å²) in [5.41, 5.74) is 0.656. The van der Waals surface area contributed by atoms with E-state index in [0.29, 0.717) is 12.1 Å². The van der Waals surface area contributed by atoms with E-state index in [1.54, 1.807) is 6.92 Å². The Morgan fingerprint density at radius 1 is 1.33 bits per heavy atom. The zero-order valence-electron chi connectivity index (χ0n) is 9.62. The summed E-state index contributed by atoms with van der Waals surface area (Å²) in [6, 6.07) is 5.70. The van der Waals surface area contributed by atoms with Crippen LogP contribution in [0.25, 0.3) is 0 Å². The summed E-state index contributed by atoms with van der Waals surface area (Å²) in [7, 11) is -4.52. The van der Waals surface area contributed by atoms with Crippen LogP contribution in [0, 0.1) is 0 Å². The van der Waals surface area contributed by atoms with Crippen LogP contribution in [0.5, 0.6) is 5.75 Å². The van der Waals surface area contributed by atoms with Gasteiger partial charge in [0.25, 0.3) is 0 Å². The molecule has 0 saturated carbocycles. The predicted molar refractivity (Wildman–Crippen MR) is 62.5 cm³/mol. The molecule has 0 aliphatic carbocycles. The van der Waals surface area contributed by atoms with E-state index >= 15 is 0 Å². The van der Waals surface area contributed by atoms with E-state index in [1.807, 2.05) is 0 Å². The van der Waals surface area contributed by atoms with E-state index in [4.69, 9.17) is 9.29 Å². The Labute approximate surface area is 105 Å². The molecule has 0 heterocycles. The smallest absolute Gasteiger partial charge is 0.445 e. The Balaban J connectivity index is 2.53. The zero-order valence-corrected chi connectivity index (χ0v) is 10.4. The molecule has 18 heavy (non-hydrogen) atoms. The summed E-state index contributed by atoms with van der Waals surface area (Å²) >= 11 is 0. The second-order valence-corrected chi connectivity index (χ2v) is 4.28. The van der Waals surface area contributed by atoms with Crippen LogP contribution < -0.4 is 9.50 Å². The van der Waals surface area contributed by atoms with Gasteiger partial charge in [-0.1, -0.05) is 12.1 Å². The molecule has 0 spiro atoms. The molecule has 0 fully saturated rings. The van der Waals surface area contributed by atoms with Gasteiger partial charge in [0.1, 0.15) is 12.4 Å². The molecule has 1 aromatic rings. The molecule has 1 amide bonds. The molecule has 0 radical (unpaired) electrons. The number of carbonyl (C=O) groups excluding carboxylic acids is 1. The van der Waals surface area contributed by atoms with Crippen LogP contribution in [-0.2, 0) is 21.7 Å². The molecule has 100 valence electrons. The number of amides is 1. The van der Waals surface area contributed by atoms with E-state index in [1.165, 1.54) is 24.3 Å². The lowest BCUT2D eigenvalue weighted by molar-refractivity contribution is 0.140. The summed E-state index contributed by atoms with van der Waals surface area (Å²) in [6.45, 7) is 2.29. The highest BCUT2D eigenvalue weighted by molar-refractivity contribution is 7.81. The third-order valence-electron chi connectivity index (χ3n) is 1.82. The van der Waals surface area contributed by atoms with Gasteiger partial charge in [-0.25, -0.2) is 4.79 Å². The standard InChI is InChI=1S/C10H13NO6S/c1-2-11-10(12)16-7-8-3-5-9(6-4-8)17-18(13,14)15/h3-6H,2,7H2,1H3,(H,11,12)(H,13,14,15). The van der Waals surface area contributed by atoms with Crippen LogP contribution in [0.3, 0.4) is 0 Å². The van der Waals surface area contributed by atoms with E-state index in [0.717, 1.165) is 0 Å². The van der Waals surface area contributed by atoms with Crippen molar-refractivity contribution in [1.82, 2.24) is 5.32 Å². The van der Waals surface area contributed by atoms with Gasteiger partial charge in [-0.3, -0.25) is 4.55 Å². The van der Waals surface area contributed by atoms with Crippen LogP contribution in [0.15, 0.2) is 24.3 Å². The molecule has 0 unspecified atom stereocenters. The summed E-state index contributed by atoms with van der Waals surface area (Å²) in [6.07, 6.45) is -0.532. The van der Waals surface area contributed by atoms with Crippen LogP contribution in [0.4, 0.5) is 4.79 Å². The first-order valence-corrected chi connectivity index (χ1v) is 6.43. The van der Waals surface area contributed by atoms with Crippen LogP contribution in [-0.4, -0.2) is 25.6 Å². The number of alkyl carbamates (subject to hydrolysis) is 1. The molecule has 0 bridgehead atoms. The second kappa shape index (κ2) is 6.22. The number of hydrogen-bond donors (Lipinski definition) is 2. The van der Waals surface area contributed by atoms with Gasteiger partial charge in [0, 0.05) is 6.54 Å². The van der Waals surface area contributed by atoms with Gasteiger partial charge in [0.2, 0.25) is 0 Å². The number of rotatable bonds is 5. The van der Waals surface area contributed by atoms with Gasteiger partial charge in [-0.15, -0.1) is 0 Å². The van der Waals surface area contributed by atoms with Gasteiger partial charge in [0.05, 0.1) is 0 Å². The van der Waals surface area contributed by atoms with Crippen molar-refractivity contribution in [1.29, 1.82) is 0 Å². The lowest BCUT2D eigenvalue weighted by Gasteiger charge is -2.06. The quantitative estimate of drug-likeness (QED) is 0.780. The summed E-state index contributed by atoms with van der Waals surface area (Å²) < 4.78 is 38.4. The van der Waals surface area contributed by atoms with Crippen molar-refractivity contribution >= 4 is 16.5 Å². The topological polar surface area (TPSA) is 102 Å². The fourth-order valence-corrected chi connectivity index (χ4v) is 1.46. The molecule has 2 N–H and O–H groups in total. The number of nitrogens with one attached hydrogen (secondary N) is 1. The molecule has 1 aromatic carbocycles. The van der Waals surface area contributed by atoms with Crippen molar-refractivity contribution in [3.8, 4) is 5.75 Å². The van der Waals surface area contributed by atoms with Crippen molar-refractivity contribution < 1.29 is 26.7 Å². The van der Waals surface area contributed by atoms with E-state index in [9.17, 15) is 13.2 Å². The molecule has 7 nitrogen and oxygen atoms in total. The predicted octanol–water partition coefficient (Wildman–Crippen LogP) is 1.11. The first kappa shape index (κ1) is 14.3. The highest BCUT2D eigenvalue weighted by Crippen LogP contribution is 2.14. The molecular formula is C10H13NO6S. The molecule has 0 aliphatic heterocycles. The Hall–Kier alpha value is -1.80. The minimum Gasteiger partial charge on any atom is -0.445 e. The third-order valence-corrected chi connectivity index (χ3v) is 2.22. The van der Waals surface area contributed by atoms with Gasteiger partial charge in [0.15, 0.2) is 0 Å².